The Labute approximate surface area is 73.4 Å². The van der Waals surface area contributed by atoms with Gasteiger partial charge in [0.2, 0.25) is 0 Å². The summed E-state index contributed by atoms with van der Waals surface area (Å²) in [5.74, 6) is 0. The van der Waals surface area contributed by atoms with Crippen molar-refractivity contribution in [2.75, 3.05) is 19.6 Å². The molecular formula is C8H16FNS. The van der Waals surface area contributed by atoms with Crippen LogP contribution in [0.5, 0.6) is 0 Å². The van der Waals surface area contributed by atoms with E-state index in [1.807, 2.05) is 0 Å². The Morgan fingerprint density at radius 2 is 1.91 bits per heavy atom. The van der Waals surface area contributed by atoms with Gasteiger partial charge in [-0.05, 0) is 32.9 Å². The van der Waals surface area contributed by atoms with Crippen LogP contribution < -0.4 is 0 Å². The lowest BCUT2D eigenvalue weighted by Crippen LogP contribution is -2.37. The van der Waals surface area contributed by atoms with Crippen LogP contribution in [-0.2, 0) is 0 Å². The zero-order valence-electron chi connectivity index (χ0n) is 7.02. The van der Waals surface area contributed by atoms with E-state index in [-0.39, 0.29) is 0 Å². The van der Waals surface area contributed by atoms with Crippen molar-refractivity contribution in [2.24, 2.45) is 0 Å². The summed E-state index contributed by atoms with van der Waals surface area (Å²) in [5.41, 5.74) is 0. The topological polar surface area (TPSA) is 3.24 Å². The number of piperidine rings is 1. The number of halogens is 1. The Bertz CT molecular complexity index is 116. The van der Waals surface area contributed by atoms with Crippen molar-refractivity contribution in [3.05, 3.63) is 0 Å². The molecule has 1 aliphatic heterocycles. The van der Waals surface area contributed by atoms with Crippen LogP contribution in [0.25, 0.3) is 0 Å². The molecule has 0 amide bonds. The van der Waals surface area contributed by atoms with Gasteiger partial charge in [-0.1, -0.05) is 6.42 Å². The molecule has 3 heteroatoms. The molecule has 1 unspecified atom stereocenters. The van der Waals surface area contributed by atoms with Crippen molar-refractivity contribution >= 4 is 12.6 Å². The van der Waals surface area contributed by atoms with E-state index in [1.54, 1.807) is 0 Å². The first-order chi connectivity index (χ1) is 5.08. The van der Waals surface area contributed by atoms with Crippen LogP contribution in [0.3, 0.4) is 0 Å². The fourth-order valence-electron chi connectivity index (χ4n) is 1.53. The molecule has 0 spiro atoms. The van der Waals surface area contributed by atoms with E-state index < -0.39 is 5.00 Å². The summed E-state index contributed by atoms with van der Waals surface area (Å²) in [7, 11) is 0. The van der Waals surface area contributed by atoms with E-state index in [4.69, 9.17) is 0 Å². The molecule has 0 aromatic carbocycles. The van der Waals surface area contributed by atoms with Crippen LogP contribution in [0.1, 0.15) is 26.2 Å². The predicted molar refractivity (Wildman–Crippen MR) is 48.8 cm³/mol. The number of thiol groups is 1. The SMILES string of the molecule is CC(F)(S)CN1CCCCC1. The monoisotopic (exact) mass is 177 g/mol. The Morgan fingerprint density at radius 3 is 2.36 bits per heavy atom. The van der Waals surface area contributed by atoms with Gasteiger partial charge in [-0.25, -0.2) is 4.39 Å². The average molecular weight is 177 g/mol. The summed E-state index contributed by atoms with van der Waals surface area (Å²) in [6.45, 7) is 4.07. The first-order valence-corrected chi connectivity index (χ1v) is 4.66. The molecule has 66 valence electrons. The van der Waals surface area contributed by atoms with Crippen LogP contribution in [-0.4, -0.2) is 29.5 Å². The maximum Gasteiger partial charge on any atom is 0.163 e. The summed E-state index contributed by atoms with van der Waals surface area (Å²) < 4.78 is 13.0. The van der Waals surface area contributed by atoms with Crippen molar-refractivity contribution in [1.29, 1.82) is 0 Å². The number of nitrogens with zero attached hydrogens (tertiary/aromatic N) is 1. The molecule has 11 heavy (non-hydrogen) atoms. The van der Waals surface area contributed by atoms with Gasteiger partial charge in [0.15, 0.2) is 5.00 Å². The molecule has 1 heterocycles. The Balaban J connectivity index is 2.24. The van der Waals surface area contributed by atoms with Crippen LogP contribution in [0.2, 0.25) is 0 Å². The molecule has 1 atom stereocenters. The zero-order chi connectivity index (χ0) is 8.32. The second kappa shape index (κ2) is 3.76. The molecule has 1 saturated heterocycles. The summed E-state index contributed by atoms with van der Waals surface area (Å²) in [6, 6.07) is 0. The third kappa shape index (κ3) is 3.97. The predicted octanol–water partition coefficient (Wildman–Crippen LogP) is 2.09. The quantitative estimate of drug-likeness (QED) is 0.632. The Hall–Kier alpha value is 0.240. The standard InChI is InChI=1S/C8H16FNS/c1-8(9,11)7-10-5-3-2-4-6-10/h11H,2-7H2,1H3. The first-order valence-electron chi connectivity index (χ1n) is 4.21. The highest BCUT2D eigenvalue weighted by Crippen LogP contribution is 2.19. The second-order valence-electron chi connectivity index (χ2n) is 3.48. The van der Waals surface area contributed by atoms with Crippen molar-refractivity contribution in [3.8, 4) is 0 Å². The highest BCUT2D eigenvalue weighted by molar-refractivity contribution is 7.81. The fraction of sp³-hybridized carbons (Fsp3) is 1.00. The maximum absolute atomic E-state index is 13.0. The molecule has 0 N–H and O–H groups in total. The van der Waals surface area contributed by atoms with Gasteiger partial charge in [0.1, 0.15) is 0 Å². The number of hydrogen-bond acceptors (Lipinski definition) is 2. The smallest absolute Gasteiger partial charge is 0.163 e. The lowest BCUT2D eigenvalue weighted by Gasteiger charge is -2.29. The lowest BCUT2D eigenvalue weighted by atomic mass is 10.1. The largest absolute Gasteiger partial charge is 0.299 e. The molecule has 1 rings (SSSR count). The molecule has 0 aliphatic carbocycles. The molecular weight excluding hydrogens is 161 g/mol. The number of likely N-dealkylation sites (tertiary alicyclic amines) is 1. The minimum atomic E-state index is -1.32. The van der Waals surface area contributed by atoms with Gasteiger partial charge in [0.25, 0.3) is 0 Å². The van der Waals surface area contributed by atoms with Gasteiger partial charge >= 0.3 is 0 Å². The normalized spacial score (nSPS) is 26.5. The molecule has 0 radical (unpaired) electrons. The number of alkyl halides is 1. The van der Waals surface area contributed by atoms with Crippen molar-refractivity contribution in [1.82, 2.24) is 4.90 Å². The number of hydrogen-bond donors (Lipinski definition) is 1. The molecule has 1 nitrogen and oxygen atoms in total. The summed E-state index contributed by atoms with van der Waals surface area (Å²) in [5, 5.41) is -1.32. The third-order valence-corrected chi connectivity index (χ3v) is 2.10. The molecule has 0 aromatic rings. The minimum Gasteiger partial charge on any atom is -0.299 e. The third-order valence-electron chi connectivity index (χ3n) is 1.96. The average Bonchev–Trinajstić information content (AvgIpc) is 1.85. The van der Waals surface area contributed by atoms with E-state index in [0.717, 1.165) is 13.1 Å². The Kier molecular flexibility index (Phi) is 3.19. The minimum absolute atomic E-state index is 0.468. The fourth-order valence-corrected chi connectivity index (χ4v) is 1.73. The lowest BCUT2D eigenvalue weighted by molar-refractivity contribution is 0.159. The van der Waals surface area contributed by atoms with E-state index >= 15 is 0 Å². The molecule has 1 fully saturated rings. The summed E-state index contributed by atoms with van der Waals surface area (Å²) in [6.07, 6.45) is 3.72. The van der Waals surface area contributed by atoms with Gasteiger partial charge in [-0.3, -0.25) is 4.90 Å². The highest BCUT2D eigenvalue weighted by Gasteiger charge is 2.22. The molecule has 0 aromatic heterocycles. The van der Waals surface area contributed by atoms with E-state index in [0.29, 0.717) is 6.54 Å². The molecule has 0 saturated carbocycles. The van der Waals surface area contributed by atoms with Gasteiger partial charge in [0, 0.05) is 6.54 Å². The Morgan fingerprint density at radius 1 is 1.36 bits per heavy atom. The van der Waals surface area contributed by atoms with E-state index in [1.165, 1.54) is 26.2 Å². The van der Waals surface area contributed by atoms with Crippen molar-refractivity contribution in [2.45, 2.75) is 31.2 Å². The van der Waals surface area contributed by atoms with Crippen molar-refractivity contribution in [3.63, 3.8) is 0 Å². The highest BCUT2D eigenvalue weighted by atomic mass is 32.1. The second-order valence-corrected chi connectivity index (χ2v) is 4.41. The van der Waals surface area contributed by atoms with Gasteiger partial charge in [-0.2, -0.15) is 0 Å². The zero-order valence-corrected chi connectivity index (χ0v) is 7.91. The van der Waals surface area contributed by atoms with Gasteiger partial charge < -0.3 is 0 Å². The van der Waals surface area contributed by atoms with Crippen molar-refractivity contribution < 1.29 is 4.39 Å². The molecule has 1 aliphatic rings. The van der Waals surface area contributed by atoms with Crippen LogP contribution in [0, 0.1) is 0 Å². The van der Waals surface area contributed by atoms with Crippen LogP contribution >= 0.6 is 12.6 Å². The number of rotatable bonds is 2. The first kappa shape index (κ1) is 9.33. The molecule has 0 bridgehead atoms. The summed E-state index contributed by atoms with van der Waals surface area (Å²) in [4.78, 5) is 2.15. The summed E-state index contributed by atoms with van der Waals surface area (Å²) >= 11 is 3.86. The van der Waals surface area contributed by atoms with Gasteiger partial charge in [0.05, 0.1) is 0 Å². The van der Waals surface area contributed by atoms with Crippen LogP contribution in [0.15, 0.2) is 0 Å². The van der Waals surface area contributed by atoms with E-state index in [9.17, 15) is 4.39 Å². The van der Waals surface area contributed by atoms with E-state index in [2.05, 4.69) is 17.5 Å². The van der Waals surface area contributed by atoms with Gasteiger partial charge in [-0.15, -0.1) is 12.6 Å². The maximum atomic E-state index is 13.0. The van der Waals surface area contributed by atoms with Crippen LogP contribution in [0.4, 0.5) is 4.39 Å².